The van der Waals surface area contributed by atoms with Crippen molar-refractivity contribution in [1.82, 2.24) is 5.32 Å². The van der Waals surface area contributed by atoms with Crippen LogP contribution in [0.4, 0.5) is 5.69 Å². The number of allylic oxidation sites excluding steroid dienone is 1. The van der Waals surface area contributed by atoms with Gasteiger partial charge in [-0.25, -0.2) is 0 Å². The second-order valence-electron chi connectivity index (χ2n) is 9.58. The van der Waals surface area contributed by atoms with Crippen LogP contribution in [-0.2, 0) is 4.74 Å². The number of anilines is 1. The van der Waals surface area contributed by atoms with E-state index in [0.717, 1.165) is 13.2 Å². The van der Waals surface area contributed by atoms with E-state index in [9.17, 15) is 0 Å². The van der Waals surface area contributed by atoms with Crippen molar-refractivity contribution in [2.24, 2.45) is 5.92 Å². The molecule has 1 aliphatic carbocycles. The van der Waals surface area contributed by atoms with Gasteiger partial charge < -0.3 is 9.64 Å². The first-order valence-electron chi connectivity index (χ1n) is 11.3. The third kappa shape index (κ3) is 4.99. The van der Waals surface area contributed by atoms with Gasteiger partial charge in [-0.05, 0) is 54.6 Å². The SMILES string of the molecule is CC(C)c1cccc(C(C)C)c1N(C=C1CCCC1)CC1NC(C(C)C)CO1. The molecule has 1 saturated carbocycles. The number of nitrogens with zero attached hydrogens (tertiary/aromatic N) is 1. The number of nitrogens with one attached hydrogen (secondary N) is 1. The van der Waals surface area contributed by atoms with Gasteiger partial charge in [0.15, 0.2) is 0 Å². The first kappa shape index (κ1) is 21.4. The van der Waals surface area contributed by atoms with E-state index in [1.807, 2.05) is 0 Å². The summed E-state index contributed by atoms with van der Waals surface area (Å²) >= 11 is 0. The molecular weight excluding hydrogens is 344 g/mol. The van der Waals surface area contributed by atoms with Gasteiger partial charge in [0.25, 0.3) is 0 Å². The molecule has 3 heteroatoms. The Morgan fingerprint density at radius 3 is 2.14 bits per heavy atom. The number of rotatable bonds is 7. The highest BCUT2D eigenvalue weighted by molar-refractivity contribution is 5.64. The Morgan fingerprint density at radius 1 is 1.04 bits per heavy atom. The van der Waals surface area contributed by atoms with E-state index in [4.69, 9.17) is 4.74 Å². The van der Waals surface area contributed by atoms with Gasteiger partial charge in [0.2, 0.25) is 0 Å². The van der Waals surface area contributed by atoms with Crippen molar-refractivity contribution < 1.29 is 4.74 Å². The van der Waals surface area contributed by atoms with Gasteiger partial charge in [-0.2, -0.15) is 0 Å². The topological polar surface area (TPSA) is 24.5 Å². The first-order chi connectivity index (χ1) is 13.4. The fraction of sp³-hybridized carbons (Fsp3) is 0.680. The minimum absolute atomic E-state index is 0.0888. The van der Waals surface area contributed by atoms with Crippen molar-refractivity contribution in [3.63, 3.8) is 0 Å². The van der Waals surface area contributed by atoms with Crippen LogP contribution in [0.25, 0.3) is 0 Å². The lowest BCUT2D eigenvalue weighted by Gasteiger charge is -2.31. The third-order valence-electron chi connectivity index (χ3n) is 6.26. The van der Waals surface area contributed by atoms with Gasteiger partial charge in [0.05, 0.1) is 13.2 Å². The van der Waals surface area contributed by atoms with Crippen LogP contribution in [-0.4, -0.2) is 25.4 Å². The van der Waals surface area contributed by atoms with Crippen molar-refractivity contribution in [2.75, 3.05) is 18.1 Å². The molecule has 0 bridgehead atoms. The lowest BCUT2D eigenvalue weighted by atomic mass is 9.91. The minimum Gasteiger partial charge on any atom is -0.360 e. The van der Waals surface area contributed by atoms with Crippen LogP contribution >= 0.6 is 0 Å². The summed E-state index contributed by atoms with van der Waals surface area (Å²) in [6.07, 6.45) is 7.68. The van der Waals surface area contributed by atoms with E-state index < -0.39 is 0 Å². The maximum Gasteiger partial charge on any atom is 0.126 e. The minimum atomic E-state index is 0.0888. The molecule has 2 aliphatic rings. The highest BCUT2D eigenvalue weighted by atomic mass is 16.5. The van der Waals surface area contributed by atoms with Crippen LogP contribution in [0.2, 0.25) is 0 Å². The Bertz CT molecular complexity index is 643. The largest absolute Gasteiger partial charge is 0.360 e. The summed E-state index contributed by atoms with van der Waals surface area (Å²) in [5.74, 6) is 1.60. The van der Waals surface area contributed by atoms with E-state index in [1.165, 1.54) is 42.5 Å². The molecule has 3 rings (SSSR count). The van der Waals surface area contributed by atoms with E-state index in [1.54, 1.807) is 5.57 Å². The number of hydrogen-bond acceptors (Lipinski definition) is 3. The molecule has 1 saturated heterocycles. The Labute approximate surface area is 172 Å². The summed E-state index contributed by atoms with van der Waals surface area (Å²) in [6.45, 7) is 15.5. The average molecular weight is 385 g/mol. The summed E-state index contributed by atoms with van der Waals surface area (Å²) in [5.41, 5.74) is 5.89. The Kier molecular flexibility index (Phi) is 7.22. The third-order valence-corrected chi connectivity index (χ3v) is 6.26. The number of benzene rings is 1. The fourth-order valence-corrected chi connectivity index (χ4v) is 4.45. The molecule has 1 heterocycles. The molecule has 1 N–H and O–H groups in total. The number of para-hydroxylation sites is 1. The normalized spacial score (nSPS) is 22.7. The summed E-state index contributed by atoms with van der Waals surface area (Å²) < 4.78 is 6.16. The fourth-order valence-electron chi connectivity index (χ4n) is 4.45. The molecule has 0 amide bonds. The van der Waals surface area contributed by atoms with Gasteiger partial charge in [0.1, 0.15) is 6.23 Å². The molecule has 1 aromatic carbocycles. The molecule has 156 valence electrons. The van der Waals surface area contributed by atoms with E-state index in [-0.39, 0.29) is 6.23 Å². The molecule has 0 aromatic heterocycles. The van der Waals surface area contributed by atoms with Gasteiger partial charge >= 0.3 is 0 Å². The second-order valence-corrected chi connectivity index (χ2v) is 9.58. The summed E-state index contributed by atoms with van der Waals surface area (Å²) in [7, 11) is 0. The number of ether oxygens (including phenoxy) is 1. The highest BCUT2D eigenvalue weighted by Crippen LogP contribution is 2.37. The van der Waals surface area contributed by atoms with Crippen LogP contribution < -0.4 is 10.2 Å². The van der Waals surface area contributed by atoms with Crippen molar-refractivity contribution in [3.8, 4) is 0 Å². The molecule has 1 aliphatic heterocycles. The zero-order valence-corrected chi connectivity index (χ0v) is 18.8. The Hall–Kier alpha value is -1.32. The molecule has 1 aromatic rings. The van der Waals surface area contributed by atoms with Crippen LogP contribution in [0.3, 0.4) is 0 Å². The van der Waals surface area contributed by atoms with Crippen molar-refractivity contribution >= 4 is 5.69 Å². The van der Waals surface area contributed by atoms with Crippen LogP contribution in [0.5, 0.6) is 0 Å². The summed E-state index contributed by atoms with van der Waals surface area (Å²) in [6, 6.07) is 7.31. The zero-order chi connectivity index (χ0) is 20.3. The van der Waals surface area contributed by atoms with Crippen molar-refractivity contribution in [2.45, 2.75) is 91.3 Å². The predicted octanol–water partition coefficient (Wildman–Crippen LogP) is 6.17. The Balaban J connectivity index is 1.96. The van der Waals surface area contributed by atoms with E-state index in [2.05, 4.69) is 76.2 Å². The Morgan fingerprint density at radius 2 is 1.64 bits per heavy atom. The summed E-state index contributed by atoms with van der Waals surface area (Å²) in [5, 5.41) is 3.72. The quantitative estimate of drug-likeness (QED) is 0.608. The average Bonchev–Trinajstić information content (AvgIpc) is 3.32. The number of hydrogen-bond donors (Lipinski definition) is 1. The van der Waals surface area contributed by atoms with Crippen LogP contribution in [0.15, 0.2) is 30.0 Å². The maximum atomic E-state index is 6.16. The monoisotopic (exact) mass is 384 g/mol. The predicted molar refractivity (Wildman–Crippen MR) is 120 cm³/mol. The molecule has 3 nitrogen and oxygen atoms in total. The standard InChI is InChI=1S/C25H40N2O/c1-17(2)21-12-9-13-22(18(3)4)25(21)27(14-20-10-7-8-11-20)15-24-26-23(16-28-24)19(5)6/h9,12-14,17-19,23-24,26H,7-8,10-11,15-16H2,1-6H3. The molecule has 2 atom stereocenters. The van der Waals surface area contributed by atoms with E-state index in [0.29, 0.717) is 23.8 Å². The smallest absolute Gasteiger partial charge is 0.126 e. The van der Waals surface area contributed by atoms with Gasteiger partial charge in [-0.3, -0.25) is 5.32 Å². The lowest BCUT2D eigenvalue weighted by Crippen LogP contribution is -2.41. The summed E-state index contributed by atoms with van der Waals surface area (Å²) in [4.78, 5) is 2.52. The van der Waals surface area contributed by atoms with Crippen molar-refractivity contribution in [1.29, 1.82) is 0 Å². The zero-order valence-electron chi connectivity index (χ0n) is 18.8. The van der Waals surface area contributed by atoms with Gasteiger partial charge in [-0.1, -0.05) is 65.3 Å². The second kappa shape index (κ2) is 9.45. The molecular formula is C25H40N2O. The van der Waals surface area contributed by atoms with Crippen LogP contribution in [0, 0.1) is 5.92 Å². The highest BCUT2D eigenvalue weighted by Gasteiger charge is 2.29. The lowest BCUT2D eigenvalue weighted by molar-refractivity contribution is 0.105. The van der Waals surface area contributed by atoms with Gasteiger partial charge in [0, 0.05) is 17.9 Å². The van der Waals surface area contributed by atoms with E-state index >= 15 is 0 Å². The molecule has 28 heavy (non-hydrogen) atoms. The van der Waals surface area contributed by atoms with Crippen molar-refractivity contribution in [3.05, 3.63) is 41.1 Å². The molecule has 2 unspecified atom stereocenters. The molecule has 0 spiro atoms. The first-order valence-corrected chi connectivity index (χ1v) is 11.3. The molecule has 0 radical (unpaired) electrons. The maximum absolute atomic E-state index is 6.16. The van der Waals surface area contributed by atoms with Gasteiger partial charge in [-0.15, -0.1) is 0 Å². The molecule has 2 fully saturated rings. The van der Waals surface area contributed by atoms with Crippen LogP contribution in [0.1, 0.15) is 90.2 Å².